The van der Waals surface area contributed by atoms with Crippen molar-refractivity contribution in [2.45, 2.75) is 0 Å². The van der Waals surface area contributed by atoms with Crippen molar-refractivity contribution in [3.8, 4) is 0 Å². The van der Waals surface area contributed by atoms with Gasteiger partial charge >= 0.3 is 0 Å². The van der Waals surface area contributed by atoms with Gasteiger partial charge in [0.1, 0.15) is 0 Å². The van der Waals surface area contributed by atoms with Gasteiger partial charge in [0.05, 0.1) is 11.3 Å². The highest BCUT2D eigenvalue weighted by Crippen LogP contribution is 2.35. The molecule has 0 unspecified atom stereocenters. The number of hydrogen-bond donors (Lipinski definition) is 1. The van der Waals surface area contributed by atoms with Gasteiger partial charge in [0.25, 0.3) is 0 Å². The Labute approximate surface area is 122 Å². The molecular weight excluding hydrogens is 330 g/mol. The van der Waals surface area contributed by atoms with Crippen molar-refractivity contribution in [3.63, 3.8) is 0 Å². The summed E-state index contributed by atoms with van der Waals surface area (Å²) in [6, 6.07) is 7.92. The second-order valence-electron chi connectivity index (χ2n) is 4.23. The zero-order valence-electron chi connectivity index (χ0n) is 9.54. The number of ketones is 2. The van der Waals surface area contributed by atoms with E-state index >= 15 is 0 Å². The first kappa shape index (κ1) is 12.4. The van der Waals surface area contributed by atoms with E-state index in [0.717, 1.165) is 0 Å². The molecule has 2 aromatic carbocycles. The lowest BCUT2D eigenvalue weighted by Crippen LogP contribution is -2.22. The highest BCUT2D eigenvalue weighted by atomic mass is 79.9. The molecule has 1 aliphatic carbocycles. The molecule has 0 fully saturated rings. The number of carbonyl (C=O) groups is 2. The van der Waals surface area contributed by atoms with Gasteiger partial charge in [-0.25, -0.2) is 0 Å². The Kier molecular flexibility index (Phi) is 2.73. The molecule has 0 aliphatic heterocycles. The third-order valence-electron chi connectivity index (χ3n) is 3.13. The number of benzene rings is 2. The maximum Gasteiger partial charge on any atom is 0.196 e. The summed E-state index contributed by atoms with van der Waals surface area (Å²) in [5.41, 5.74) is 7.43. The van der Waals surface area contributed by atoms with Gasteiger partial charge in [0.15, 0.2) is 11.6 Å². The molecule has 1 aliphatic rings. The number of halogens is 2. The van der Waals surface area contributed by atoms with Crippen LogP contribution in [-0.4, -0.2) is 11.6 Å². The summed E-state index contributed by atoms with van der Waals surface area (Å²) in [6.07, 6.45) is 0. The molecule has 3 rings (SSSR count). The first-order valence-corrected chi connectivity index (χ1v) is 6.64. The van der Waals surface area contributed by atoms with Crippen LogP contribution in [0.2, 0.25) is 5.02 Å². The molecule has 0 radical (unpaired) electrons. The Hall–Kier alpha value is -1.65. The zero-order valence-corrected chi connectivity index (χ0v) is 11.9. The highest BCUT2D eigenvalue weighted by molar-refractivity contribution is 9.10. The van der Waals surface area contributed by atoms with Crippen molar-refractivity contribution in [2.24, 2.45) is 0 Å². The van der Waals surface area contributed by atoms with Crippen molar-refractivity contribution < 1.29 is 9.59 Å². The van der Waals surface area contributed by atoms with Crippen molar-refractivity contribution in [1.29, 1.82) is 0 Å². The van der Waals surface area contributed by atoms with Crippen molar-refractivity contribution in [3.05, 3.63) is 62.1 Å². The summed E-state index contributed by atoms with van der Waals surface area (Å²) >= 11 is 9.14. The van der Waals surface area contributed by atoms with Gasteiger partial charge < -0.3 is 5.73 Å². The Morgan fingerprint density at radius 1 is 0.947 bits per heavy atom. The van der Waals surface area contributed by atoms with E-state index in [-0.39, 0.29) is 22.8 Å². The predicted octanol–water partition coefficient (Wildman–Crippen LogP) is 3.46. The van der Waals surface area contributed by atoms with Gasteiger partial charge in [0, 0.05) is 26.2 Å². The van der Waals surface area contributed by atoms with E-state index in [0.29, 0.717) is 26.2 Å². The van der Waals surface area contributed by atoms with Gasteiger partial charge in [-0.3, -0.25) is 9.59 Å². The average Bonchev–Trinajstić information content (AvgIpc) is 2.39. The molecular formula is C14H7BrClNO2. The number of rotatable bonds is 0. The summed E-state index contributed by atoms with van der Waals surface area (Å²) in [5, 5.41) is 0.424. The number of fused-ring (bicyclic) bond motifs is 2. The number of nitrogens with two attached hydrogens (primary N) is 1. The molecule has 94 valence electrons. The predicted molar refractivity (Wildman–Crippen MR) is 76.9 cm³/mol. The van der Waals surface area contributed by atoms with Crippen LogP contribution in [0.5, 0.6) is 0 Å². The minimum Gasteiger partial charge on any atom is -0.397 e. The molecule has 3 nitrogen and oxygen atoms in total. The molecule has 5 heteroatoms. The fraction of sp³-hybridized carbons (Fsp3) is 0. The third kappa shape index (κ3) is 1.71. The number of carbonyl (C=O) groups excluding carboxylic acids is 2. The van der Waals surface area contributed by atoms with Gasteiger partial charge in [-0.2, -0.15) is 0 Å². The summed E-state index contributed by atoms with van der Waals surface area (Å²) in [4.78, 5) is 24.8. The summed E-state index contributed by atoms with van der Waals surface area (Å²) < 4.78 is 0.602. The van der Waals surface area contributed by atoms with Crippen molar-refractivity contribution in [1.82, 2.24) is 0 Å². The van der Waals surface area contributed by atoms with E-state index in [2.05, 4.69) is 15.9 Å². The zero-order chi connectivity index (χ0) is 13.7. The molecule has 2 aromatic rings. The monoisotopic (exact) mass is 335 g/mol. The van der Waals surface area contributed by atoms with E-state index in [1.54, 1.807) is 24.3 Å². The Bertz CT molecular complexity index is 755. The van der Waals surface area contributed by atoms with Crippen LogP contribution in [0, 0.1) is 0 Å². The first-order chi connectivity index (χ1) is 9.00. The van der Waals surface area contributed by atoms with Gasteiger partial charge in [-0.05, 0) is 46.3 Å². The SMILES string of the molecule is Nc1c(Br)ccc2c1C(=O)c1ccc(Cl)cc1C2=O. The second-order valence-corrected chi connectivity index (χ2v) is 5.52. The van der Waals surface area contributed by atoms with E-state index < -0.39 is 0 Å². The lowest BCUT2D eigenvalue weighted by molar-refractivity contribution is 0.0979. The van der Waals surface area contributed by atoms with E-state index in [1.165, 1.54) is 6.07 Å². The Morgan fingerprint density at radius 3 is 2.37 bits per heavy atom. The minimum atomic E-state index is -0.250. The number of anilines is 1. The fourth-order valence-electron chi connectivity index (χ4n) is 2.21. The first-order valence-electron chi connectivity index (χ1n) is 5.47. The normalized spacial score (nSPS) is 13.2. The van der Waals surface area contributed by atoms with Crippen LogP contribution in [0.1, 0.15) is 31.8 Å². The minimum absolute atomic E-state index is 0.230. The van der Waals surface area contributed by atoms with E-state index in [1.807, 2.05) is 0 Å². The second kappa shape index (κ2) is 4.18. The van der Waals surface area contributed by atoms with Crippen LogP contribution in [0.4, 0.5) is 5.69 Å². The quantitative estimate of drug-likeness (QED) is 0.640. The topological polar surface area (TPSA) is 60.2 Å². The van der Waals surface area contributed by atoms with Crippen molar-refractivity contribution >= 4 is 44.8 Å². The molecule has 0 heterocycles. The van der Waals surface area contributed by atoms with E-state index in [4.69, 9.17) is 17.3 Å². The highest BCUT2D eigenvalue weighted by Gasteiger charge is 2.31. The standard InChI is InChI=1S/C14H7BrClNO2/c15-10-4-3-8-11(12(10)17)14(19)7-2-1-6(16)5-9(7)13(8)18/h1-5H,17H2. The van der Waals surface area contributed by atoms with Gasteiger partial charge in [-0.15, -0.1) is 0 Å². The lowest BCUT2D eigenvalue weighted by Gasteiger charge is -2.19. The van der Waals surface area contributed by atoms with Crippen LogP contribution >= 0.6 is 27.5 Å². The van der Waals surface area contributed by atoms with Gasteiger partial charge in [-0.1, -0.05) is 11.6 Å². The van der Waals surface area contributed by atoms with Crippen LogP contribution in [-0.2, 0) is 0 Å². The molecule has 0 atom stereocenters. The van der Waals surface area contributed by atoms with Gasteiger partial charge in [0.2, 0.25) is 0 Å². The summed E-state index contributed by atoms with van der Waals surface area (Å²) in [6.45, 7) is 0. The lowest BCUT2D eigenvalue weighted by atomic mass is 9.83. The maximum absolute atomic E-state index is 12.4. The molecule has 19 heavy (non-hydrogen) atoms. The number of hydrogen-bond acceptors (Lipinski definition) is 3. The van der Waals surface area contributed by atoms with Crippen LogP contribution < -0.4 is 5.73 Å². The number of nitrogen functional groups attached to an aromatic ring is 1. The molecule has 0 bridgehead atoms. The summed E-state index contributed by atoms with van der Waals surface area (Å²) in [7, 11) is 0. The molecule has 0 amide bonds. The van der Waals surface area contributed by atoms with Crippen LogP contribution in [0.25, 0.3) is 0 Å². The van der Waals surface area contributed by atoms with Crippen molar-refractivity contribution in [2.75, 3.05) is 5.73 Å². The molecule has 0 saturated heterocycles. The fourth-order valence-corrected chi connectivity index (χ4v) is 2.71. The Morgan fingerprint density at radius 2 is 1.63 bits per heavy atom. The molecule has 0 spiro atoms. The molecule has 2 N–H and O–H groups in total. The maximum atomic E-state index is 12.4. The molecule has 0 saturated carbocycles. The largest absolute Gasteiger partial charge is 0.397 e. The van der Waals surface area contributed by atoms with E-state index in [9.17, 15) is 9.59 Å². The average molecular weight is 337 g/mol. The Balaban J connectivity index is 2.36. The van der Waals surface area contributed by atoms with Crippen LogP contribution in [0.15, 0.2) is 34.8 Å². The third-order valence-corrected chi connectivity index (χ3v) is 4.06. The summed E-state index contributed by atoms with van der Waals surface area (Å²) in [5.74, 6) is -0.480. The molecule has 0 aromatic heterocycles. The van der Waals surface area contributed by atoms with Crippen LogP contribution in [0.3, 0.4) is 0 Å². The smallest absolute Gasteiger partial charge is 0.196 e.